The summed E-state index contributed by atoms with van der Waals surface area (Å²) in [5, 5.41) is 17.7. The van der Waals surface area contributed by atoms with Gasteiger partial charge in [0.05, 0.1) is 23.9 Å². The van der Waals surface area contributed by atoms with Gasteiger partial charge in [-0.3, -0.25) is 0 Å². The second-order valence-electron chi connectivity index (χ2n) is 4.18. The Morgan fingerprint density at radius 2 is 2.31 bits per heavy atom. The molecule has 0 amide bonds. The Morgan fingerprint density at radius 3 is 2.94 bits per heavy atom. The minimum atomic E-state index is -0.457. The van der Waals surface area contributed by atoms with E-state index < -0.39 is 4.92 Å². The molecule has 2 rings (SSSR count). The molecule has 1 saturated heterocycles. The first-order valence-electron chi connectivity index (χ1n) is 5.64. The largest absolute Gasteiger partial charge is 0.389 e. The average Bonchev–Trinajstić information content (AvgIpc) is 2.76. The minimum absolute atomic E-state index is 0.0645. The molecule has 6 heteroatoms. The summed E-state index contributed by atoms with van der Waals surface area (Å²) in [6, 6.07) is 1.45. The Labute approximate surface area is 93.8 Å². The molecule has 2 heterocycles. The highest BCUT2D eigenvalue weighted by atomic mass is 16.6. The van der Waals surface area contributed by atoms with Gasteiger partial charge in [-0.1, -0.05) is 0 Å². The molecule has 0 radical (unpaired) electrons. The SMILES string of the molecule is O=[N+]([O-])c1ccn(CCC2CCNCC2)n1. The van der Waals surface area contributed by atoms with Crippen molar-refractivity contribution < 1.29 is 4.92 Å². The fourth-order valence-corrected chi connectivity index (χ4v) is 2.06. The zero-order valence-electron chi connectivity index (χ0n) is 9.13. The van der Waals surface area contributed by atoms with Crippen molar-refractivity contribution in [2.24, 2.45) is 5.92 Å². The Morgan fingerprint density at radius 1 is 1.56 bits per heavy atom. The van der Waals surface area contributed by atoms with E-state index in [1.54, 1.807) is 10.9 Å². The van der Waals surface area contributed by atoms with Crippen molar-refractivity contribution in [2.45, 2.75) is 25.8 Å². The number of nitrogens with zero attached hydrogens (tertiary/aromatic N) is 3. The van der Waals surface area contributed by atoms with Gasteiger partial charge in [0.25, 0.3) is 0 Å². The predicted octanol–water partition coefficient (Wildman–Crippen LogP) is 1.18. The maximum atomic E-state index is 10.4. The highest BCUT2D eigenvalue weighted by Gasteiger charge is 2.15. The number of rotatable bonds is 4. The first-order chi connectivity index (χ1) is 7.75. The Bertz CT molecular complexity index is 357. The topological polar surface area (TPSA) is 73.0 Å². The molecule has 0 aliphatic carbocycles. The van der Waals surface area contributed by atoms with Gasteiger partial charge in [0.2, 0.25) is 0 Å². The van der Waals surface area contributed by atoms with Crippen LogP contribution in [0.25, 0.3) is 0 Å². The van der Waals surface area contributed by atoms with Crippen LogP contribution in [0, 0.1) is 16.0 Å². The van der Waals surface area contributed by atoms with Gasteiger partial charge in [-0.15, -0.1) is 0 Å². The molecule has 16 heavy (non-hydrogen) atoms. The van der Waals surface area contributed by atoms with Gasteiger partial charge in [0.15, 0.2) is 0 Å². The van der Waals surface area contributed by atoms with E-state index in [4.69, 9.17) is 0 Å². The molecule has 1 aliphatic rings. The van der Waals surface area contributed by atoms with Crippen LogP contribution >= 0.6 is 0 Å². The molecule has 0 unspecified atom stereocenters. The number of nitrogens with one attached hydrogen (secondary N) is 1. The molecular weight excluding hydrogens is 208 g/mol. The van der Waals surface area contributed by atoms with E-state index in [1.807, 2.05) is 0 Å². The molecule has 0 saturated carbocycles. The van der Waals surface area contributed by atoms with Crippen molar-refractivity contribution >= 4 is 5.82 Å². The highest BCUT2D eigenvalue weighted by molar-refractivity contribution is 5.13. The summed E-state index contributed by atoms with van der Waals surface area (Å²) in [6.45, 7) is 2.95. The smallest absolute Gasteiger partial charge is 0.358 e. The number of hydrogen-bond acceptors (Lipinski definition) is 4. The summed E-state index contributed by atoms with van der Waals surface area (Å²) < 4.78 is 1.67. The first kappa shape index (κ1) is 11.1. The number of piperidine rings is 1. The standard InChI is InChI=1S/C10H16N4O2/c15-14(16)10-4-8-13(12-10)7-3-9-1-5-11-6-2-9/h4,8-9,11H,1-3,5-7H2. The lowest BCUT2D eigenvalue weighted by Gasteiger charge is -2.21. The van der Waals surface area contributed by atoms with Crippen LogP contribution in [0.15, 0.2) is 12.3 Å². The van der Waals surface area contributed by atoms with Crippen molar-refractivity contribution in [3.63, 3.8) is 0 Å². The number of aryl methyl sites for hydroxylation is 1. The molecule has 1 aromatic heterocycles. The van der Waals surface area contributed by atoms with Crippen molar-refractivity contribution in [1.82, 2.24) is 15.1 Å². The van der Waals surface area contributed by atoms with Gasteiger partial charge in [-0.25, -0.2) is 0 Å². The average molecular weight is 224 g/mol. The summed E-state index contributed by atoms with van der Waals surface area (Å²) in [7, 11) is 0. The van der Waals surface area contributed by atoms with Gasteiger partial charge in [-0.05, 0) is 43.2 Å². The van der Waals surface area contributed by atoms with Crippen molar-refractivity contribution in [1.29, 1.82) is 0 Å². The van der Waals surface area contributed by atoms with E-state index in [9.17, 15) is 10.1 Å². The third-order valence-electron chi connectivity index (χ3n) is 3.04. The fourth-order valence-electron chi connectivity index (χ4n) is 2.06. The van der Waals surface area contributed by atoms with Crippen LogP contribution in [0.2, 0.25) is 0 Å². The molecule has 88 valence electrons. The van der Waals surface area contributed by atoms with Crippen LogP contribution in [-0.4, -0.2) is 27.8 Å². The molecular formula is C10H16N4O2. The third kappa shape index (κ3) is 2.79. The summed E-state index contributed by atoms with van der Waals surface area (Å²) >= 11 is 0. The number of hydrogen-bond donors (Lipinski definition) is 1. The van der Waals surface area contributed by atoms with E-state index >= 15 is 0 Å². The van der Waals surface area contributed by atoms with Gasteiger partial charge < -0.3 is 15.4 Å². The van der Waals surface area contributed by atoms with E-state index in [2.05, 4.69) is 10.4 Å². The number of aromatic nitrogens is 2. The van der Waals surface area contributed by atoms with E-state index in [0.29, 0.717) is 0 Å². The molecule has 1 fully saturated rings. The molecule has 0 spiro atoms. The van der Waals surface area contributed by atoms with Crippen LogP contribution in [0.3, 0.4) is 0 Å². The van der Waals surface area contributed by atoms with Crippen LogP contribution in [0.1, 0.15) is 19.3 Å². The highest BCUT2D eigenvalue weighted by Crippen LogP contribution is 2.17. The lowest BCUT2D eigenvalue weighted by atomic mass is 9.95. The molecule has 6 nitrogen and oxygen atoms in total. The van der Waals surface area contributed by atoms with Gasteiger partial charge >= 0.3 is 5.82 Å². The molecule has 1 N–H and O–H groups in total. The monoisotopic (exact) mass is 224 g/mol. The quantitative estimate of drug-likeness (QED) is 0.615. The normalized spacial score (nSPS) is 17.5. The Balaban J connectivity index is 1.81. The maximum Gasteiger partial charge on any atom is 0.389 e. The Kier molecular flexibility index (Phi) is 3.51. The third-order valence-corrected chi connectivity index (χ3v) is 3.04. The zero-order valence-corrected chi connectivity index (χ0v) is 9.13. The second-order valence-corrected chi connectivity index (χ2v) is 4.18. The van der Waals surface area contributed by atoms with Crippen molar-refractivity contribution in [2.75, 3.05) is 13.1 Å². The predicted molar refractivity (Wildman–Crippen MR) is 59.1 cm³/mol. The van der Waals surface area contributed by atoms with Gasteiger partial charge in [0.1, 0.15) is 0 Å². The maximum absolute atomic E-state index is 10.4. The van der Waals surface area contributed by atoms with Crippen LogP contribution in [0.4, 0.5) is 5.82 Å². The zero-order chi connectivity index (χ0) is 11.4. The molecule has 0 aromatic carbocycles. The van der Waals surface area contributed by atoms with Crippen molar-refractivity contribution in [3.05, 3.63) is 22.4 Å². The lowest BCUT2D eigenvalue weighted by Crippen LogP contribution is -2.28. The van der Waals surface area contributed by atoms with Gasteiger partial charge in [0, 0.05) is 0 Å². The van der Waals surface area contributed by atoms with Gasteiger partial charge in [-0.2, -0.15) is 4.68 Å². The van der Waals surface area contributed by atoms with E-state index in [0.717, 1.165) is 32.0 Å². The molecule has 0 atom stereocenters. The minimum Gasteiger partial charge on any atom is -0.358 e. The van der Waals surface area contributed by atoms with Crippen LogP contribution < -0.4 is 5.32 Å². The number of nitro groups is 1. The molecule has 1 aromatic rings. The van der Waals surface area contributed by atoms with Crippen LogP contribution in [0.5, 0.6) is 0 Å². The summed E-state index contributed by atoms with van der Waals surface area (Å²) in [5.41, 5.74) is 0. The molecule has 0 bridgehead atoms. The first-order valence-corrected chi connectivity index (χ1v) is 5.64. The van der Waals surface area contributed by atoms with Crippen LogP contribution in [-0.2, 0) is 6.54 Å². The lowest BCUT2D eigenvalue weighted by molar-refractivity contribution is -0.389. The summed E-state index contributed by atoms with van der Waals surface area (Å²) in [4.78, 5) is 9.98. The van der Waals surface area contributed by atoms with E-state index in [-0.39, 0.29) is 5.82 Å². The summed E-state index contributed by atoms with van der Waals surface area (Å²) in [6.07, 6.45) is 5.13. The fraction of sp³-hybridized carbons (Fsp3) is 0.700. The summed E-state index contributed by atoms with van der Waals surface area (Å²) in [5.74, 6) is 0.662. The van der Waals surface area contributed by atoms with E-state index in [1.165, 1.54) is 18.9 Å². The second kappa shape index (κ2) is 5.07. The molecule has 1 aliphatic heterocycles. The van der Waals surface area contributed by atoms with Crippen molar-refractivity contribution in [3.8, 4) is 0 Å². The Hall–Kier alpha value is -1.43.